The lowest BCUT2D eigenvalue weighted by atomic mass is 10.2. The molecule has 0 bridgehead atoms. The number of aryl methyl sites for hydroxylation is 2. The fourth-order valence-electron chi connectivity index (χ4n) is 3.42. The van der Waals surface area contributed by atoms with Crippen molar-refractivity contribution in [1.82, 2.24) is 20.0 Å². The van der Waals surface area contributed by atoms with Crippen molar-refractivity contribution in [3.8, 4) is 0 Å². The molecule has 0 radical (unpaired) electrons. The number of piperazine rings is 1. The molecular formula is C18H24N6O3. The zero-order valence-corrected chi connectivity index (χ0v) is 15.7. The summed E-state index contributed by atoms with van der Waals surface area (Å²) in [6.07, 6.45) is 1.49. The van der Waals surface area contributed by atoms with E-state index < -0.39 is 0 Å². The van der Waals surface area contributed by atoms with Gasteiger partial charge in [0.05, 0.1) is 19.4 Å². The number of nitrogens with zero attached hydrogens (tertiary/aromatic N) is 6. The Kier molecular flexibility index (Phi) is 4.93. The highest BCUT2D eigenvalue weighted by molar-refractivity contribution is 5.94. The molecule has 2 saturated heterocycles. The van der Waals surface area contributed by atoms with Crippen LogP contribution in [0, 0.1) is 13.8 Å². The SMILES string of the molecule is Cc1cc(N2CCOCC2)nc(N2CCN(C(=O)c3cnoc3C)CC2)n1. The van der Waals surface area contributed by atoms with Gasteiger partial charge in [0.25, 0.3) is 5.91 Å². The van der Waals surface area contributed by atoms with Gasteiger partial charge >= 0.3 is 0 Å². The second-order valence-corrected chi connectivity index (χ2v) is 6.84. The maximum Gasteiger partial charge on any atom is 0.259 e. The van der Waals surface area contributed by atoms with E-state index in [1.165, 1.54) is 6.20 Å². The zero-order valence-electron chi connectivity index (χ0n) is 15.7. The van der Waals surface area contributed by atoms with Gasteiger partial charge in [-0.1, -0.05) is 5.16 Å². The topological polar surface area (TPSA) is 87.8 Å². The molecule has 2 aliphatic heterocycles. The van der Waals surface area contributed by atoms with Crippen LogP contribution in [0.25, 0.3) is 0 Å². The molecule has 144 valence electrons. The lowest BCUT2D eigenvalue weighted by Crippen LogP contribution is -2.49. The van der Waals surface area contributed by atoms with Crippen molar-refractivity contribution in [3.05, 3.63) is 29.3 Å². The number of carbonyl (C=O) groups is 1. The summed E-state index contributed by atoms with van der Waals surface area (Å²) < 4.78 is 10.4. The van der Waals surface area contributed by atoms with Crippen LogP contribution in [0.1, 0.15) is 21.8 Å². The van der Waals surface area contributed by atoms with Crippen molar-refractivity contribution in [2.75, 3.05) is 62.3 Å². The number of rotatable bonds is 3. The molecule has 0 saturated carbocycles. The van der Waals surface area contributed by atoms with Gasteiger partial charge in [-0.25, -0.2) is 4.98 Å². The van der Waals surface area contributed by atoms with Gasteiger partial charge in [-0.05, 0) is 13.8 Å². The number of ether oxygens (including phenoxy) is 1. The van der Waals surface area contributed by atoms with E-state index in [9.17, 15) is 4.79 Å². The highest BCUT2D eigenvalue weighted by atomic mass is 16.5. The van der Waals surface area contributed by atoms with Gasteiger partial charge < -0.3 is 24.0 Å². The van der Waals surface area contributed by atoms with E-state index in [0.29, 0.717) is 37.5 Å². The summed E-state index contributed by atoms with van der Waals surface area (Å²) in [7, 11) is 0. The van der Waals surface area contributed by atoms with Crippen molar-refractivity contribution in [3.63, 3.8) is 0 Å². The minimum atomic E-state index is -0.0347. The lowest BCUT2D eigenvalue weighted by Gasteiger charge is -2.35. The van der Waals surface area contributed by atoms with Crippen molar-refractivity contribution >= 4 is 17.7 Å². The third kappa shape index (κ3) is 3.73. The highest BCUT2D eigenvalue weighted by Gasteiger charge is 2.26. The molecule has 9 heteroatoms. The van der Waals surface area contributed by atoms with E-state index >= 15 is 0 Å². The van der Waals surface area contributed by atoms with Crippen LogP contribution in [0.3, 0.4) is 0 Å². The predicted molar refractivity (Wildman–Crippen MR) is 99.2 cm³/mol. The number of anilines is 2. The molecule has 4 rings (SSSR count). The second kappa shape index (κ2) is 7.51. The Morgan fingerprint density at radius 2 is 1.74 bits per heavy atom. The summed E-state index contributed by atoms with van der Waals surface area (Å²) in [6.45, 7) is 9.51. The minimum Gasteiger partial charge on any atom is -0.378 e. The Morgan fingerprint density at radius 1 is 1.00 bits per heavy atom. The Morgan fingerprint density at radius 3 is 2.41 bits per heavy atom. The molecule has 4 heterocycles. The van der Waals surface area contributed by atoms with E-state index in [-0.39, 0.29) is 5.91 Å². The molecule has 2 fully saturated rings. The average Bonchev–Trinajstić information content (AvgIpc) is 3.13. The highest BCUT2D eigenvalue weighted by Crippen LogP contribution is 2.20. The normalized spacial score (nSPS) is 18.1. The van der Waals surface area contributed by atoms with Gasteiger partial charge in [-0.15, -0.1) is 0 Å². The van der Waals surface area contributed by atoms with Crippen molar-refractivity contribution in [2.24, 2.45) is 0 Å². The Hall–Kier alpha value is -2.68. The molecule has 2 aromatic rings. The smallest absolute Gasteiger partial charge is 0.259 e. The van der Waals surface area contributed by atoms with Crippen LogP contribution >= 0.6 is 0 Å². The van der Waals surface area contributed by atoms with Crippen LogP contribution in [0.15, 0.2) is 16.8 Å². The van der Waals surface area contributed by atoms with E-state index in [2.05, 4.69) is 19.9 Å². The lowest BCUT2D eigenvalue weighted by molar-refractivity contribution is 0.0744. The average molecular weight is 372 g/mol. The molecular weight excluding hydrogens is 348 g/mol. The van der Waals surface area contributed by atoms with Crippen LogP contribution in [0.2, 0.25) is 0 Å². The quantitative estimate of drug-likeness (QED) is 0.785. The first-order valence-corrected chi connectivity index (χ1v) is 9.26. The minimum absolute atomic E-state index is 0.0347. The number of hydrogen-bond acceptors (Lipinski definition) is 8. The first kappa shape index (κ1) is 17.7. The molecule has 9 nitrogen and oxygen atoms in total. The summed E-state index contributed by atoms with van der Waals surface area (Å²) in [6, 6.07) is 2.02. The number of morpholine rings is 1. The summed E-state index contributed by atoms with van der Waals surface area (Å²) in [4.78, 5) is 28.2. The third-order valence-electron chi connectivity index (χ3n) is 4.99. The maximum absolute atomic E-state index is 12.6. The molecule has 2 aromatic heterocycles. The first-order valence-electron chi connectivity index (χ1n) is 9.26. The standard InChI is InChI=1S/C18H24N6O3/c1-13-11-16(22-7-9-26-10-8-22)21-18(20-13)24-5-3-23(4-6-24)17(25)15-12-19-27-14(15)2/h11-12H,3-10H2,1-2H3. The van der Waals surface area contributed by atoms with Gasteiger partial charge in [0, 0.05) is 51.0 Å². The predicted octanol–water partition coefficient (Wildman–Crippen LogP) is 0.880. The van der Waals surface area contributed by atoms with Crippen LogP contribution in [0.4, 0.5) is 11.8 Å². The Bertz CT molecular complexity index is 809. The van der Waals surface area contributed by atoms with Crippen molar-refractivity contribution < 1.29 is 14.1 Å². The number of amides is 1. The summed E-state index contributed by atoms with van der Waals surface area (Å²) >= 11 is 0. The van der Waals surface area contributed by atoms with Gasteiger partial charge in [-0.2, -0.15) is 4.98 Å². The Balaban J connectivity index is 1.44. The molecule has 0 N–H and O–H groups in total. The number of carbonyl (C=O) groups excluding carboxylic acids is 1. The van der Waals surface area contributed by atoms with E-state index in [4.69, 9.17) is 14.2 Å². The van der Waals surface area contributed by atoms with E-state index in [1.807, 2.05) is 17.9 Å². The summed E-state index contributed by atoms with van der Waals surface area (Å²) in [5, 5.41) is 3.70. The van der Waals surface area contributed by atoms with E-state index in [0.717, 1.165) is 43.8 Å². The largest absolute Gasteiger partial charge is 0.378 e. The number of hydrogen-bond donors (Lipinski definition) is 0. The second-order valence-electron chi connectivity index (χ2n) is 6.84. The van der Waals surface area contributed by atoms with Gasteiger partial charge in [0.1, 0.15) is 17.1 Å². The third-order valence-corrected chi connectivity index (χ3v) is 4.99. The van der Waals surface area contributed by atoms with Crippen molar-refractivity contribution in [1.29, 1.82) is 0 Å². The van der Waals surface area contributed by atoms with Gasteiger partial charge in [0.2, 0.25) is 5.95 Å². The monoisotopic (exact) mass is 372 g/mol. The van der Waals surface area contributed by atoms with Crippen LogP contribution in [-0.4, -0.2) is 78.4 Å². The Labute approximate surface area is 157 Å². The van der Waals surface area contributed by atoms with E-state index in [1.54, 1.807) is 6.92 Å². The van der Waals surface area contributed by atoms with Crippen LogP contribution in [-0.2, 0) is 4.74 Å². The molecule has 2 aliphatic rings. The molecule has 27 heavy (non-hydrogen) atoms. The number of aromatic nitrogens is 3. The fraction of sp³-hybridized carbons (Fsp3) is 0.556. The first-order chi connectivity index (χ1) is 13.1. The van der Waals surface area contributed by atoms with Gasteiger partial charge in [-0.3, -0.25) is 4.79 Å². The molecule has 0 spiro atoms. The van der Waals surface area contributed by atoms with Crippen molar-refractivity contribution in [2.45, 2.75) is 13.8 Å². The zero-order chi connectivity index (χ0) is 18.8. The fourth-order valence-corrected chi connectivity index (χ4v) is 3.42. The molecule has 0 aromatic carbocycles. The summed E-state index contributed by atoms with van der Waals surface area (Å²) in [5.41, 5.74) is 1.48. The van der Waals surface area contributed by atoms with Gasteiger partial charge in [0.15, 0.2) is 0 Å². The molecule has 1 amide bonds. The maximum atomic E-state index is 12.6. The van der Waals surface area contributed by atoms with Crippen LogP contribution in [0.5, 0.6) is 0 Å². The molecule has 0 unspecified atom stereocenters. The summed E-state index contributed by atoms with van der Waals surface area (Å²) in [5.74, 6) is 2.19. The molecule has 0 atom stereocenters. The van der Waals surface area contributed by atoms with Crippen LogP contribution < -0.4 is 9.80 Å². The molecule has 0 aliphatic carbocycles.